The van der Waals surface area contributed by atoms with Gasteiger partial charge in [0.05, 0.1) is 0 Å². The maximum absolute atomic E-state index is 12.3. The summed E-state index contributed by atoms with van der Waals surface area (Å²) in [5.41, 5.74) is -0.407. The Hall–Kier alpha value is -1.96. The maximum Gasteiger partial charge on any atom is 0.272 e. The molecule has 9 heteroatoms. The van der Waals surface area contributed by atoms with Gasteiger partial charge in [-0.15, -0.1) is 6.42 Å². The SMILES string of the molecule is C#CCOCON(CC)S(=O)(=O)C(O)C(=O)Nc1c(C)cccc1C. The summed E-state index contributed by atoms with van der Waals surface area (Å²) in [4.78, 5) is 17.1. The van der Waals surface area contributed by atoms with Gasteiger partial charge in [0.25, 0.3) is 21.4 Å². The smallest absolute Gasteiger partial charge is 0.272 e. The molecule has 0 bridgehead atoms. The van der Waals surface area contributed by atoms with E-state index in [2.05, 4.69) is 11.2 Å². The molecule has 1 aromatic carbocycles. The minimum atomic E-state index is -4.46. The standard InChI is InChI=1S/C16H22N2O6S/c1-5-10-23-11-24-18(6-2)25(21,22)16(20)15(19)17-14-12(3)8-7-9-13(14)4/h1,7-9,16,20H,6,10-11H2,2-4H3,(H,17,19). The molecule has 0 aliphatic rings. The molecule has 138 valence electrons. The normalized spacial score (nSPS) is 12.6. The van der Waals surface area contributed by atoms with Gasteiger partial charge >= 0.3 is 0 Å². The highest BCUT2D eigenvalue weighted by atomic mass is 32.2. The van der Waals surface area contributed by atoms with Gasteiger partial charge in [-0.3, -0.25) is 9.63 Å². The van der Waals surface area contributed by atoms with Crippen LogP contribution in [0.2, 0.25) is 0 Å². The van der Waals surface area contributed by atoms with E-state index in [4.69, 9.17) is 16.0 Å². The second-order valence-electron chi connectivity index (χ2n) is 5.07. The predicted molar refractivity (Wildman–Crippen MR) is 92.6 cm³/mol. The Balaban J connectivity index is 2.85. The third-order valence-corrected chi connectivity index (χ3v) is 4.95. The van der Waals surface area contributed by atoms with Crippen molar-refractivity contribution >= 4 is 21.6 Å². The first-order valence-electron chi connectivity index (χ1n) is 7.46. The van der Waals surface area contributed by atoms with Gasteiger partial charge in [-0.2, -0.15) is 0 Å². The Labute approximate surface area is 147 Å². The van der Waals surface area contributed by atoms with Crippen LogP contribution in [0.4, 0.5) is 5.69 Å². The third kappa shape index (κ3) is 5.52. The number of hydrogen-bond acceptors (Lipinski definition) is 6. The van der Waals surface area contributed by atoms with Gasteiger partial charge in [0, 0.05) is 12.2 Å². The number of hydrogen-bond donors (Lipinski definition) is 2. The van der Waals surface area contributed by atoms with Crippen LogP contribution in [0.1, 0.15) is 18.1 Å². The Morgan fingerprint density at radius 2 is 2.00 bits per heavy atom. The fourth-order valence-electron chi connectivity index (χ4n) is 1.98. The average molecular weight is 370 g/mol. The first-order chi connectivity index (χ1) is 11.8. The number of ether oxygens (including phenoxy) is 1. The molecule has 0 saturated heterocycles. The second-order valence-corrected chi connectivity index (χ2v) is 6.96. The van der Waals surface area contributed by atoms with Crippen molar-refractivity contribution in [2.75, 3.05) is 25.3 Å². The van der Waals surface area contributed by atoms with E-state index >= 15 is 0 Å². The summed E-state index contributed by atoms with van der Waals surface area (Å²) in [6.45, 7) is 4.38. The molecule has 0 aliphatic carbocycles. The number of carbonyl (C=O) groups is 1. The predicted octanol–water partition coefficient (Wildman–Crippen LogP) is 0.751. The molecule has 0 aromatic heterocycles. The van der Waals surface area contributed by atoms with Gasteiger partial charge in [0.2, 0.25) is 0 Å². The molecule has 1 unspecified atom stereocenters. The Morgan fingerprint density at radius 3 is 2.52 bits per heavy atom. The molecule has 1 rings (SSSR count). The lowest BCUT2D eigenvalue weighted by Gasteiger charge is -2.22. The second kappa shape index (κ2) is 9.50. The fourth-order valence-corrected chi connectivity index (χ4v) is 3.09. The minimum Gasteiger partial charge on any atom is -0.368 e. The molecular weight excluding hydrogens is 348 g/mol. The number of benzene rings is 1. The van der Waals surface area contributed by atoms with Crippen LogP contribution < -0.4 is 5.32 Å². The van der Waals surface area contributed by atoms with Crippen molar-refractivity contribution < 1.29 is 27.9 Å². The van der Waals surface area contributed by atoms with Gasteiger partial charge < -0.3 is 15.2 Å². The van der Waals surface area contributed by atoms with Crippen LogP contribution in [0.25, 0.3) is 0 Å². The van der Waals surface area contributed by atoms with Crippen molar-refractivity contribution in [3.63, 3.8) is 0 Å². The average Bonchev–Trinajstić information content (AvgIpc) is 2.57. The van der Waals surface area contributed by atoms with Gasteiger partial charge in [0.15, 0.2) is 6.79 Å². The summed E-state index contributed by atoms with van der Waals surface area (Å²) < 4.78 is 30.0. The molecule has 0 aliphatic heterocycles. The van der Waals surface area contributed by atoms with Crippen LogP contribution in [0.3, 0.4) is 0 Å². The number of nitrogens with zero attached hydrogens (tertiary/aromatic N) is 1. The summed E-state index contributed by atoms with van der Waals surface area (Å²) in [5, 5.41) is 12.4. The summed E-state index contributed by atoms with van der Waals surface area (Å²) in [6.07, 6.45) is 4.99. The van der Waals surface area contributed by atoms with Gasteiger partial charge in [0.1, 0.15) is 6.61 Å². The molecule has 0 spiro atoms. The monoisotopic (exact) mass is 370 g/mol. The van der Waals surface area contributed by atoms with Crippen LogP contribution in [0.5, 0.6) is 0 Å². The van der Waals surface area contributed by atoms with Crippen molar-refractivity contribution in [2.45, 2.75) is 26.2 Å². The van der Waals surface area contributed by atoms with Crippen LogP contribution >= 0.6 is 0 Å². The zero-order valence-corrected chi connectivity index (χ0v) is 15.2. The molecule has 25 heavy (non-hydrogen) atoms. The molecule has 0 heterocycles. The molecule has 0 fully saturated rings. The molecule has 1 atom stereocenters. The lowest BCUT2D eigenvalue weighted by Crippen LogP contribution is -2.45. The number of sulfonamides is 1. The van der Waals surface area contributed by atoms with Crippen LogP contribution in [0, 0.1) is 26.2 Å². The number of terminal acetylenes is 1. The number of aryl methyl sites for hydroxylation is 2. The Morgan fingerprint density at radius 1 is 1.40 bits per heavy atom. The third-order valence-electron chi connectivity index (χ3n) is 3.24. The van der Waals surface area contributed by atoms with Crippen LogP contribution in [0.15, 0.2) is 18.2 Å². The lowest BCUT2D eigenvalue weighted by atomic mass is 10.1. The zero-order chi connectivity index (χ0) is 19.0. The number of rotatable bonds is 9. The molecule has 0 radical (unpaired) electrons. The number of aliphatic hydroxyl groups excluding tert-OH is 1. The number of anilines is 1. The van der Waals surface area contributed by atoms with E-state index in [-0.39, 0.29) is 13.2 Å². The van der Waals surface area contributed by atoms with Crippen molar-refractivity contribution in [1.29, 1.82) is 0 Å². The quantitative estimate of drug-likeness (QED) is 0.288. The Bertz CT molecular complexity index is 721. The molecule has 2 N–H and O–H groups in total. The van der Waals surface area contributed by atoms with E-state index in [0.717, 1.165) is 11.1 Å². The first-order valence-corrected chi connectivity index (χ1v) is 8.96. The minimum absolute atomic E-state index is 0.0623. The number of para-hydroxylation sites is 1. The van der Waals surface area contributed by atoms with Crippen molar-refractivity contribution in [1.82, 2.24) is 4.47 Å². The van der Waals surface area contributed by atoms with Crippen LogP contribution in [-0.2, 0) is 24.4 Å². The van der Waals surface area contributed by atoms with E-state index in [1.807, 2.05) is 0 Å². The van der Waals surface area contributed by atoms with Crippen LogP contribution in [-0.4, -0.2) is 49.3 Å². The number of amides is 1. The number of carbonyl (C=O) groups excluding carboxylic acids is 1. The fraction of sp³-hybridized carbons (Fsp3) is 0.438. The molecular formula is C16H22N2O6S. The van der Waals surface area contributed by atoms with Crippen molar-refractivity contribution in [3.05, 3.63) is 29.3 Å². The van der Waals surface area contributed by atoms with Gasteiger partial charge in [-0.05, 0) is 31.9 Å². The van der Waals surface area contributed by atoms with E-state index in [1.54, 1.807) is 32.0 Å². The van der Waals surface area contributed by atoms with Gasteiger partial charge in [-0.25, -0.2) is 8.42 Å². The topological polar surface area (TPSA) is 105 Å². The molecule has 1 amide bonds. The zero-order valence-electron chi connectivity index (χ0n) is 14.4. The molecule has 1 aromatic rings. The van der Waals surface area contributed by atoms with E-state index in [0.29, 0.717) is 10.2 Å². The highest BCUT2D eigenvalue weighted by Gasteiger charge is 2.36. The van der Waals surface area contributed by atoms with Gasteiger partial charge in [-0.1, -0.05) is 28.6 Å². The first kappa shape index (κ1) is 21.1. The summed E-state index contributed by atoms with van der Waals surface area (Å²) >= 11 is 0. The highest BCUT2D eigenvalue weighted by Crippen LogP contribution is 2.20. The molecule has 8 nitrogen and oxygen atoms in total. The number of hydroxylamine groups is 1. The number of aliphatic hydroxyl groups is 1. The van der Waals surface area contributed by atoms with E-state index in [1.165, 1.54) is 6.92 Å². The summed E-state index contributed by atoms with van der Waals surface area (Å²) in [7, 11) is -4.46. The van der Waals surface area contributed by atoms with E-state index < -0.39 is 28.2 Å². The lowest BCUT2D eigenvalue weighted by molar-refractivity contribution is -0.168. The van der Waals surface area contributed by atoms with Crippen molar-refractivity contribution in [3.8, 4) is 12.3 Å². The molecule has 0 saturated carbocycles. The van der Waals surface area contributed by atoms with Crippen molar-refractivity contribution in [2.24, 2.45) is 0 Å². The Kier molecular flexibility index (Phi) is 8.02. The van der Waals surface area contributed by atoms with E-state index in [9.17, 15) is 18.3 Å². The maximum atomic E-state index is 12.3. The number of nitrogens with one attached hydrogen (secondary N) is 1. The summed E-state index contributed by atoms with van der Waals surface area (Å²) in [5.74, 6) is 1.11. The highest BCUT2D eigenvalue weighted by molar-refractivity contribution is 7.90. The largest absolute Gasteiger partial charge is 0.368 e. The summed E-state index contributed by atoms with van der Waals surface area (Å²) in [6, 6.07) is 5.32.